The van der Waals surface area contributed by atoms with E-state index in [2.05, 4.69) is 5.32 Å². The summed E-state index contributed by atoms with van der Waals surface area (Å²) in [6.45, 7) is 5.48. The first kappa shape index (κ1) is 21.3. The number of fused-ring (bicyclic) bond motifs is 1. The van der Waals surface area contributed by atoms with Crippen LogP contribution in [0.4, 0.5) is 0 Å². The SMILES string of the molecule is CCCN(CCNC(=O)C(CC)N(C)C)C(=O)c1ccc(Cl)c2occc12. The summed E-state index contributed by atoms with van der Waals surface area (Å²) in [6, 6.07) is 4.99. The average molecular weight is 394 g/mol. The first-order valence-corrected chi connectivity index (χ1v) is 9.67. The minimum absolute atomic E-state index is 0.0184. The minimum Gasteiger partial charge on any atom is -0.463 e. The molecule has 6 nitrogen and oxygen atoms in total. The Labute approximate surface area is 165 Å². The highest BCUT2D eigenvalue weighted by Crippen LogP contribution is 2.28. The van der Waals surface area contributed by atoms with Gasteiger partial charge in [-0.3, -0.25) is 14.5 Å². The van der Waals surface area contributed by atoms with Gasteiger partial charge < -0.3 is 14.6 Å². The molecule has 0 aliphatic rings. The molecule has 1 aromatic heterocycles. The molecule has 7 heteroatoms. The van der Waals surface area contributed by atoms with Crippen LogP contribution in [0.2, 0.25) is 5.02 Å². The van der Waals surface area contributed by atoms with Gasteiger partial charge in [-0.25, -0.2) is 0 Å². The molecule has 0 radical (unpaired) electrons. The Morgan fingerprint density at radius 2 is 1.93 bits per heavy atom. The summed E-state index contributed by atoms with van der Waals surface area (Å²) in [7, 11) is 3.77. The molecule has 0 bridgehead atoms. The van der Waals surface area contributed by atoms with Gasteiger partial charge in [0.25, 0.3) is 5.91 Å². The Balaban J connectivity index is 2.08. The van der Waals surface area contributed by atoms with E-state index >= 15 is 0 Å². The zero-order valence-electron chi connectivity index (χ0n) is 16.4. The van der Waals surface area contributed by atoms with Crippen LogP contribution in [0.5, 0.6) is 0 Å². The predicted octanol–water partition coefficient (Wildman–Crippen LogP) is 3.39. The number of carbonyl (C=O) groups is 2. The maximum absolute atomic E-state index is 13.1. The molecular weight excluding hydrogens is 366 g/mol. The average Bonchev–Trinajstić information content (AvgIpc) is 3.12. The lowest BCUT2D eigenvalue weighted by molar-refractivity contribution is -0.125. The molecule has 1 N–H and O–H groups in total. The Kier molecular flexibility index (Phi) is 7.68. The normalized spacial score (nSPS) is 12.4. The largest absolute Gasteiger partial charge is 0.463 e. The first-order valence-electron chi connectivity index (χ1n) is 9.29. The fraction of sp³-hybridized carbons (Fsp3) is 0.500. The first-order chi connectivity index (χ1) is 12.9. The molecule has 0 aliphatic carbocycles. The van der Waals surface area contributed by atoms with Crippen molar-refractivity contribution in [3.8, 4) is 0 Å². The van der Waals surface area contributed by atoms with Crippen molar-refractivity contribution >= 4 is 34.4 Å². The molecule has 0 spiro atoms. The minimum atomic E-state index is -0.165. The summed E-state index contributed by atoms with van der Waals surface area (Å²) >= 11 is 6.13. The van der Waals surface area contributed by atoms with Crippen molar-refractivity contribution in [3.05, 3.63) is 35.0 Å². The molecule has 1 heterocycles. The van der Waals surface area contributed by atoms with Gasteiger partial charge in [-0.05, 0) is 45.1 Å². The number of halogens is 1. The van der Waals surface area contributed by atoms with Gasteiger partial charge in [-0.2, -0.15) is 0 Å². The van der Waals surface area contributed by atoms with Crippen LogP contribution in [0.1, 0.15) is 37.0 Å². The molecule has 148 valence electrons. The zero-order chi connectivity index (χ0) is 20.0. The van der Waals surface area contributed by atoms with E-state index in [4.69, 9.17) is 16.0 Å². The third kappa shape index (κ3) is 5.02. The van der Waals surface area contributed by atoms with E-state index in [1.165, 1.54) is 6.26 Å². The number of furan rings is 1. The maximum Gasteiger partial charge on any atom is 0.254 e. The van der Waals surface area contributed by atoms with Gasteiger partial charge in [0.1, 0.15) is 0 Å². The van der Waals surface area contributed by atoms with E-state index in [0.717, 1.165) is 12.8 Å². The van der Waals surface area contributed by atoms with Crippen LogP contribution in [-0.2, 0) is 4.79 Å². The lowest BCUT2D eigenvalue weighted by Gasteiger charge is -2.25. The summed E-state index contributed by atoms with van der Waals surface area (Å²) in [5, 5.41) is 4.12. The van der Waals surface area contributed by atoms with Crippen LogP contribution in [0.3, 0.4) is 0 Å². The third-order valence-electron chi connectivity index (χ3n) is 4.57. The van der Waals surface area contributed by atoms with E-state index < -0.39 is 0 Å². The highest BCUT2D eigenvalue weighted by Gasteiger charge is 2.21. The van der Waals surface area contributed by atoms with Gasteiger partial charge in [-0.15, -0.1) is 0 Å². The summed E-state index contributed by atoms with van der Waals surface area (Å²) in [4.78, 5) is 29.0. The highest BCUT2D eigenvalue weighted by molar-refractivity contribution is 6.35. The van der Waals surface area contributed by atoms with Crippen molar-refractivity contribution in [2.75, 3.05) is 33.7 Å². The molecule has 27 heavy (non-hydrogen) atoms. The number of likely N-dealkylation sites (N-methyl/N-ethyl adjacent to an activating group) is 1. The van der Waals surface area contributed by atoms with E-state index in [1.54, 1.807) is 23.1 Å². The van der Waals surface area contributed by atoms with Crippen molar-refractivity contribution in [2.24, 2.45) is 0 Å². The lowest BCUT2D eigenvalue weighted by Crippen LogP contribution is -2.46. The van der Waals surface area contributed by atoms with Gasteiger partial charge in [0.05, 0.1) is 22.9 Å². The van der Waals surface area contributed by atoms with Gasteiger partial charge in [0, 0.05) is 25.0 Å². The Morgan fingerprint density at radius 3 is 2.56 bits per heavy atom. The van der Waals surface area contributed by atoms with Crippen LogP contribution in [0, 0.1) is 0 Å². The molecular formula is C20H28ClN3O3. The molecule has 2 aromatic rings. The van der Waals surface area contributed by atoms with Crippen LogP contribution >= 0.6 is 11.6 Å². The number of benzene rings is 1. The number of nitrogens with zero attached hydrogens (tertiary/aromatic N) is 2. The van der Waals surface area contributed by atoms with Crippen molar-refractivity contribution in [1.82, 2.24) is 15.1 Å². The van der Waals surface area contributed by atoms with Gasteiger partial charge in [0.2, 0.25) is 5.91 Å². The van der Waals surface area contributed by atoms with Crippen LogP contribution < -0.4 is 5.32 Å². The summed E-state index contributed by atoms with van der Waals surface area (Å²) in [6.07, 6.45) is 3.10. The maximum atomic E-state index is 13.1. The number of rotatable bonds is 9. The summed E-state index contributed by atoms with van der Waals surface area (Å²) in [5.41, 5.74) is 1.08. The molecule has 1 aromatic carbocycles. The van der Waals surface area contributed by atoms with Gasteiger partial charge in [0.15, 0.2) is 5.58 Å². The van der Waals surface area contributed by atoms with Crippen molar-refractivity contribution in [1.29, 1.82) is 0 Å². The lowest BCUT2D eigenvalue weighted by atomic mass is 10.1. The Morgan fingerprint density at radius 1 is 1.19 bits per heavy atom. The number of amides is 2. The van der Waals surface area contributed by atoms with Crippen LogP contribution in [0.15, 0.2) is 28.9 Å². The Hall–Kier alpha value is -2.05. The van der Waals surface area contributed by atoms with E-state index in [1.807, 2.05) is 32.8 Å². The van der Waals surface area contributed by atoms with Crippen LogP contribution in [-0.4, -0.2) is 61.4 Å². The molecule has 1 unspecified atom stereocenters. The second-order valence-electron chi connectivity index (χ2n) is 6.73. The predicted molar refractivity (Wildman–Crippen MR) is 108 cm³/mol. The topological polar surface area (TPSA) is 65.8 Å². The van der Waals surface area contributed by atoms with Crippen LogP contribution in [0.25, 0.3) is 11.0 Å². The van der Waals surface area contributed by atoms with Crippen molar-refractivity contribution in [2.45, 2.75) is 32.7 Å². The smallest absolute Gasteiger partial charge is 0.254 e. The van der Waals surface area contributed by atoms with E-state index in [0.29, 0.717) is 41.2 Å². The number of hydrogen-bond acceptors (Lipinski definition) is 4. The van der Waals surface area contributed by atoms with E-state index in [-0.39, 0.29) is 17.9 Å². The number of nitrogens with one attached hydrogen (secondary N) is 1. The second kappa shape index (κ2) is 9.76. The fourth-order valence-electron chi connectivity index (χ4n) is 3.19. The van der Waals surface area contributed by atoms with Gasteiger partial charge >= 0.3 is 0 Å². The standard InChI is InChI=1S/C20H28ClN3O3/c1-5-11-24(12-10-22-19(25)17(6-2)23(3)4)20(26)15-7-8-16(21)18-14(15)9-13-27-18/h7-9,13,17H,5-6,10-12H2,1-4H3,(H,22,25). The second-order valence-corrected chi connectivity index (χ2v) is 7.14. The molecule has 1 atom stereocenters. The Bertz CT molecular complexity index is 788. The molecule has 2 rings (SSSR count). The molecule has 2 amide bonds. The monoisotopic (exact) mass is 393 g/mol. The van der Waals surface area contributed by atoms with Crippen molar-refractivity contribution < 1.29 is 14.0 Å². The third-order valence-corrected chi connectivity index (χ3v) is 4.87. The summed E-state index contributed by atoms with van der Waals surface area (Å²) in [5.74, 6) is -0.107. The molecule has 0 aliphatic heterocycles. The van der Waals surface area contributed by atoms with Gasteiger partial charge in [-0.1, -0.05) is 25.4 Å². The molecule has 0 fully saturated rings. The highest BCUT2D eigenvalue weighted by atomic mass is 35.5. The molecule has 0 saturated heterocycles. The number of carbonyl (C=O) groups excluding carboxylic acids is 2. The number of hydrogen-bond donors (Lipinski definition) is 1. The van der Waals surface area contributed by atoms with Crippen molar-refractivity contribution in [3.63, 3.8) is 0 Å². The summed E-state index contributed by atoms with van der Waals surface area (Å²) < 4.78 is 5.39. The zero-order valence-corrected chi connectivity index (χ0v) is 17.2. The van der Waals surface area contributed by atoms with E-state index in [9.17, 15) is 9.59 Å². The fourth-order valence-corrected chi connectivity index (χ4v) is 3.40. The molecule has 0 saturated carbocycles. The quantitative estimate of drug-likeness (QED) is 0.709.